The first-order valence-corrected chi connectivity index (χ1v) is 9.23. The van der Waals surface area contributed by atoms with E-state index >= 15 is 0 Å². The maximum atomic E-state index is 12.3. The van der Waals surface area contributed by atoms with Crippen LogP contribution in [0, 0.1) is 6.92 Å². The number of aromatic nitrogens is 2. The Morgan fingerprint density at radius 3 is 2.59 bits per heavy atom. The van der Waals surface area contributed by atoms with Crippen molar-refractivity contribution in [2.45, 2.75) is 13.5 Å². The topological polar surface area (TPSA) is 77.7 Å². The molecule has 1 N–H and O–H groups in total. The minimum Gasteiger partial charge on any atom is -0.493 e. The molecule has 0 saturated carbocycles. The molecule has 0 aliphatic heterocycles. The number of nitrogens with zero attached hydrogens (tertiary/aromatic N) is 3. The van der Waals surface area contributed by atoms with Crippen molar-refractivity contribution in [2.75, 3.05) is 14.2 Å². The molecular formula is C21H21ClN4O3. The largest absolute Gasteiger partial charge is 0.493 e. The van der Waals surface area contributed by atoms with E-state index in [4.69, 9.17) is 21.1 Å². The molecule has 7 nitrogen and oxygen atoms in total. The van der Waals surface area contributed by atoms with Gasteiger partial charge in [-0.1, -0.05) is 41.9 Å². The number of hydrazone groups is 1. The van der Waals surface area contributed by atoms with Gasteiger partial charge in [0.05, 0.1) is 38.2 Å². The number of nitrogens with one attached hydrogen (secondary N) is 1. The number of amides is 1. The van der Waals surface area contributed by atoms with E-state index in [-0.39, 0.29) is 5.91 Å². The Morgan fingerprint density at radius 1 is 1.17 bits per heavy atom. The van der Waals surface area contributed by atoms with Crippen LogP contribution in [-0.2, 0) is 6.54 Å². The summed E-state index contributed by atoms with van der Waals surface area (Å²) in [6, 6.07) is 14.8. The average molecular weight is 413 g/mol. The molecule has 0 saturated heterocycles. The maximum absolute atomic E-state index is 12.3. The van der Waals surface area contributed by atoms with Gasteiger partial charge in [0.15, 0.2) is 11.5 Å². The zero-order valence-electron chi connectivity index (χ0n) is 16.3. The van der Waals surface area contributed by atoms with Gasteiger partial charge in [-0.15, -0.1) is 0 Å². The predicted molar refractivity (Wildman–Crippen MR) is 112 cm³/mol. The van der Waals surface area contributed by atoms with Crippen LogP contribution in [-0.4, -0.2) is 36.1 Å². The Bertz CT molecular complexity index is 1030. The minimum absolute atomic E-state index is 0.382. The zero-order valence-corrected chi connectivity index (χ0v) is 17.1. The van der Waals surface area contributed by atoms with Gasteiger partial charge in [-0.2, -0.15) is 10.2 Å². The molecule has 0 bridgehead atoms. The number of aryl methyl sites for hydroxylation is 1. The summed E-state index contributed by atoms with van der Waals surface area (Å²) in [5.41, 5.74) is 5.33. The van der Waals surface area contributed by atoms with E-state index < -0.39 is 0 Å². The molecule has 3 rings (SSSR count). The molecule has 29 heavy (non-hydrogen) atoms. The van der Waals surface area contributed by atoms with E-state index in [2.05, 4.69) is 15.6 Å². The maximum Gasteiger partial charge on any atom is 0.271 e. The third kappa shape index (κ3) is 4.75. The van der Waals surface area contributed by atoms with Crippen molar-refractivity contribution in [1.29, 1.82) is 0 Å². The van der Waals surface area contributed by atoms with Crippen molar-refractivity contribution < 1.29 is 14.3 Å². The van der Waals surface area contributed by atoms with Crippen LogP contribution in [0.4, 0.5) is 0 Å². The predicted octanol–water partition coefficient (Wildman–Crippen LogP) is 3.67. The molecule has 3 aromatic rings. The summed E-state index contributed by atoms with van der Waals surface area (Å²) in [6.07, 6.45) is 1.49. The molecule has 0 unspecified atom stereocenters. The van der Waals surface area contributed by atoms with Gasteiger partial charge in [-0.05, 0) is 30.7 Å². The van der Waals surface area contributed by atoms with Crippen LogP contribution in [0.15, 0.2) is 53.6 Å². The fourth-order valence-electron chi connectivity index (χ4n) is 2.77. The highest BCUT2D eigenvalue weighted by atomic mass is 35.5. The first kappa shape index (κ1) is 20.4. The Balaban J connectivity index is 1.71. The van der Waals surface area contributed by atoms with Crippen LogP contribution >= 0.6 is 11.6 Å². The van der Waals surface area contributed by atoms with Crippen molar-refractivity contribution in [1.82, 2.24) is 15.2 Å². The second-order valence-corrected chi connectivity index (χ2v) is 6.56. The first-order valence-electron chi connectivity index (χ1n) is 8.85. The van der Waals surface area contributed by atoms with Crippen molar-refractivity contribution >= 4 is 23.7 Å². The number of ether oxygens (including phenoxy) is 2. The fourth-order valence-corrected chi connectivity index (χ4v) is 3.06. The lowest BCUT2D eigenvalue weighted by atomic mass is 10.2. The van der Waals surface area contributed by atoms with Gasteiger partial charge in [-0.3, -0.25) is 4.79 Å². The Labute approximate surface area is 173 Å². The van der Waals surface area contributed by atoms with Crippen molar-refractivity contribution in [2.24, 2.45) is 5.10 Å². The second kappa shape index (κ2) is 9.25. The van der Waals surface area contributed by atoms with Crippen LogP contribution < -0.4 is 14.9 Å². The SMILES string of the molecule is COc1ccc(C(=O)N/N=C/c2c(C)nn(Cc3ccccc3)c2Cl)cc1OC. The Kier molecular flexibility index (Phi) is 6.51. The smallest absolute Gasteiger partial charge is 0.271 e. The summed E-state index contributed by atoms with van der Waals surface area (Å²) < 4.78 is 12.1. The highest BCUT2D eigenvalue weighted by molar-refractivity contribution is 6.32. The third-order valence-corrected chi connectivity index (χ3v) is 4.69. The zero-order chi connectivity index (χ0) is 20.8. The summed E-state index contributed by atoms with van der Waals surface area (Å²) in [5.74, 6) is 0.624. The van der Waals surface area contributed by atoms with E-state index in [1.807, 2.05) is 37.3 Å². The molecule has 1 heterocycles. The van der Waals surface area contributed by atoms with E-state index in [1.54, 1.807) is 22.9 Å². The average Bonchev–Trinajstić information content (AvgIpc) is 3.01. The van der Waals surface area contributed by atoms with E-state index in [1.165, 1.54) is 20.4 Å². The monoisotopic (exact) mass is 412 g/mol. The number of hydrogen-bond donors (Lipinski definition) is 1. The number of halogens is 1. The van der Waals surface area contributed by atoms with E-state index in [9.17, 15) is 4.79 Å². The number of carbonyl (C=O) groups excluding carboxylic acids is 1. The Morgan fingerprint density at radius 2 is 1.90 bits per heavy atom. The van der Waals surface area contributed by atoms with Crippen LogP contribution in [0.3, 0.4) is 0 Å². The van der Waals surface area contributed by atoms with Gasteiger partial charge in [0.1, 0.15) is 5.15 Å². The number of hydrogen-bond acceptors (Lipinski definition) is 5. The summed E-state index contributed by atoms with van der Waals surface area (Å²) in [5, 5.41) is 8.93. The highest BCUT2D eigenvalue weighted by Gasteiger charge is 2.13. The molecule has 0 aliphatic carbocycles. The molecule has 0 radical (unpaired) electrons. The number of carbonyl (C=O) groups is 1. The molecule has 1 aromatic heterocycles. The van der Waals surface area contributed by atoms with Crippen LogP contribution in [0.1, 0.15) is 27.2 Å². The molecule has 8 heteroatoms. The minimum atomic E-state index is -0.382. The molecule has 0 atom stereocenters. The lowest BCUT2D eigenvalue weighted by molar-refractivity contribution is 0.0954. The van der Waals surface area contributed by atoms with Gasteiger partial charge in [-0.25, -0.2) is 10.1 Å². The lowest BCUT2D eigenvalue weighted by Crippen LogP contribution is -2.17. The number of rotatable bonds is 7. The van der Waals surface area contributed by atoms with Crippen LogP contribution in [0.2, 0.25) is 5.15 Å². The Hall–Kier alpha value is -3.32. The fraction of sp³-hybridized carbons (Fsp3) is 0.190. The van der Waals surface area contributed by atoms with Crippen LogP contribution in [0.25, 0.3) is 0 Å². The third-order valence-electron chi connectivity index (χ3n) is 4.29. The van der Waals surface area contributed by atoms with E-state index in [0.717, 1.165) is 11.3 Å². The van der Waals surface area contributed by atoms with Gasteiger partial charge < -0.3 is 9.47 Å². The first-order chi connectivity index (χ1) is 14.0. The summed E-state index contributed by atoms with van der Waals surface area (Å²) >= 11 is 6.45. The normalized spacial score (nSPS) is 10.9. The van der Waals surface area contributed by atoms with Crippen molar-refractivity contribution in [3.05, 3.63) is 76.1 Å². The van der Waals surface area contributed by atoms with Crippen molar-refractivity contribution in [3.8, 4) is 11.5 Å². The molecular weight excluding hydrogens is 392 g/mol. The summed E-state index contributed by atoms with van der Waals surface area (Å²) in [4.78, 5) is 12.3. The molecule has 2 aromatic carbocycles. The molecule has 1 amide bonds. The molecule has 0 fully saturated rings. The molecule has 150 valence electrons. The standard InChI is InChI=1S/C21H21ClN4O3/c1-14-17(20(22)26(25-14)13-15-7-5-4-6-8-15)12-23-24-21(27)16-9-10-18(28-2)19(11-16)29-3/h4-12H,13H2,1-3H3,(H,24,27)/b23-12+. The van der Waals surface area contributed by atoms with Crippen molar-refractivity contribution in [3.63, 3.8) is 0 Å². The summed E-state index contributed by atoms with van der Waals surface area (Å²) in [6.45, 7) is 2.39. The van der Waals surface area contributed by atoms with E-state index in [0.29, 0.717) is 34.3 Å². The van der Waals surface area contributed by atoms with Gasteiger partial charge in [0.25, 0.3) is 5.91 Å². The van der Waals surface area contributed by atoms with Gasteiger partial charge in [0.2, 0.25) is 0 Å². The molecule has 0 spiro atoms. The van der Waals surface area contributed by atoms with Crippen LogP contribution in [0.5, 0.6) is 11.5 Å². The molecule has 0 aliphatic rings. The van der Waals surface area contributed by atoms with Gasteiger partial charge in [0, 0.05) is 5.56 Å². The lowest BCUT2D eigenvalue weighted by Gasteiger charge is -2.08. The summed E-state index contributed by atoms with van der Waals surface area (Å²) in [7, 11) is 3.04. The quantitative estimate of drug-likeness (QED) is 0.474. The number of methoxy groups -OCH3 is 2. The van der Waals surface area contributed by atoms with Gasteiger partial charge >= 0.3 is 0 Å². The highest BCUT2D eigenvalue weighted by Crippen LogP contribution is 2.27. The number of benzene rings is 2. The second-order valence-electron chi connectivity index (χ2n) is 6.20.